The predicted molar refractivity (Wildman–Crippen MR) is 103 cm³/mol. The first-order valence-electron chi connectivity index (χ1n) is 8.61. The average Bonchev–Trinajstić information content (AvgIpc) is 3.03. The van der Waals surface area contributed by atoms with E-state index in [1.54, 1.807) is 11.0 Å². The number of aromatic amines is 1. The van der Waals surface area contributed by atoms with Crippen LogP contribution in [-0.2, 0) is 17.8 Å². The van der Waals surface area contributed by atoms with Crippen molar-refractivity contribution >= 4 is 34.3 Å². The van der Waals surface area contributed by atoms with E-state index in [9.17, 15) is 9.59 Å². The molecule has 3 N–H and O–H groups in total. The van der Waals surface area contributed by atoms with Gasteiger partial charge in [0.1, 0.15) is 5.75 Å². The van der Waals surface area contributed by atoms with Crippen LogP contribution < -0.4 is 10.5 Å². The summed E-state index contributed by atoms with van der Waals surface area (Å²) < 4.78 is 5.57. The Balaban J connectivity index is 1.49. The smallest absolute Gasteiger partial charge is 0.260 e. The number of carbonyl (C=O) groups is 2. The van der Waals surface area contributed by atoms with Gasteiger partial charge in [-0.3, -0.25) is 9.59 Å². The lowest BCUT2D eigenvalue weighted by Crippen LogP contribution is -2.38. The molecule has 2 aromatic carbocycles. The second-order valence-electron chi connectivity index (χ2n) is 6.49. The molecule has 6 nitrogen and oxygen atoms in total. The molecule has 0 aliphatic carbocycles. The Labute approximate surface area is 160 Å². The number of H-pyrrole nitrogens is 1. The van der Waals surface area contributed by atoms with Gasteiger partial charge in [0.25, 0.3) is 11.8 Å². The van der Waals surface area contributed by atoms with E-state index in [1.807, 2.05) is 18.2 Å². The van der Waals surface area contributed by atoms with Gasteiger partial charge in [-0.05, 0) is 24.3 Å². The first kappa shape index (κ1) is 17.4. The number of hydrogen-bond acceptors (Lipinski definition) is 3. The van der Waals surface area contributed by atoms with Gasteiger partial charge in [0.05, 0.1) is 5.56 Å². The van der Waals surface area contributed by atoms with E-state index < -0.39 is 5.91 Å². The van der Waals surface area contributed by atoms with E-state index in [-0.39, 0.29) is 23.8 Å². The number of nitrogens with one attached hydrogen (secondary N) is 1. The van der Waals surface area contributed by atoms with Gasteiger partial charge in [0.2, 0.25) is 0 Å². The summed E-state index contributed by atoms with van der Waals surface area (Å²) in [6.07, 6.45) is 0.763. The van der Waals surface area contributed by atoms with Gasteiger partial charge in [-0.2, -0.15) is 0 Å². The van der Waals surface area contributed by atoms with Crippen LogP contribution in [0.5, 0.6) is 5.75 Å². The molecule has 7 heteroatoms. The van der Waals surface area contributed by atoms with E-state index >= 15 is 0 Å². The molecule has 0 atom stereocenters. The van der Waals surface area contributed by atoms with Crippen molar-refractivity contribution in [1.29, 1.82) is 0 Å². The third-order valence-corrected chi connectivity index (χ3v) is 5.03. The molecule has 138 valence electrons. The highest BCUT2D eigenvalue weighted by Crippen LogP contribution is 2.28. The maximum atomic E-state index is 12.6. The zero-order valence-corrected chi connectivity index (χ0v) is 15.3. The summed E-state index contributed by atoms with van der Waals surface area (Å²) in [6.45, 7) is 0.957. The molecule has 2 amide bonds. The number of nitrogens with zero attached hydrogens (tertiary/aromatic N) is 1. The van der Waals surface area contributed by atoms with Crippen molar-refractivity contribution in [3.8, 4) is 5.75 Å². The molecule has 1 aliphatic heterocycles. The zero-order chi connectivity index (χ0) is 19.0. The molecule has 3 aromatic rings. The van der Waals surface area contributed by atoms with E-state index in [4.69, 9.17) is 22.1 Å². The number of nitrogens with two attached hydrogens (primary N) is 1. The van der Waals surface area contributed by atoms with Crippen LogP contribution in [0.15, 0.2) is 42.5 Å². The molecular weight excluding hydrogens is 366 g/mol. The molecule has 0 radical (unpaired) electrons. The Kier molecular flexibility index (Phi) is 4.49. The summed E-state index contributed by atoms with van der Waals surface area (Å²) in [5, 5.41) is 1.54. The van der Waals surface area contributed by atoms with Gasteiger partial charge in [-0.1, -0.05) is 29.8 Å². The van der Waals surface area contributed by atoms with Crippen LogP contribution in [0.25, 0.3) is 10.9 Å². The van der Waals surface area contributed by atoms with Crippen molar-refractivity contribution in [3.63, 3.8) is 0 Å². The number of fused-ring (bicyclic) bond motifs is 3. The molecule has 0 saturated carbocycles. The van der Waals surface area contributed by atoms with Crippen molar-refractivity contribution < 1.29 is 14.3 Å². The van der Waals surface area contributed by atoms with Crippen molar-refractivity contribution in [2.75, 3.05) is 13.2 Å². The third kappa shape index (κ3) is 3.36. The number of amides is 2. The highest BCUT2D eigenvalue weighted by atomic mass is 35.5. The highest BCUT2D eigenvalue weighted by Gasteiger charge is 2.24. The topological polar surface area (TPSA) is 88.4 Å². The second-order valence-corrected chi connectivity index (χ2v) is 6.92. The Hall–Kier alpha value is -2.99. The number of ether oxygens (including phenoxy) is 1. The quantitative estimate of drug-likeness (QED) is 0.726. The lowest BCUT2D eigenvalue weighted by atomic mass is 10.0. The number of carbonyl (C=O) groups excluding carboxylic acids is 2. The largest absolute Gasteiger partial charge is 0.483 e. The molecule has 27 heavy (non-hydrogen) atoms. The molecule has 1 aromatic heterocycles. The standard InChI is InChI=1S/C20H18ClN3O3/c21-12-5-6-14(20(22)26)18(9-12)27-11-19(25)24-8-7-17-15(10-24)13-3-1-2-4-16(13)23-17/h1-6,9,23H,7-8,10-11H2,(H2,22,26). The van der Waals surface area contributed by atoms with Crippen LogP contribution in [-0.4, -0.2) is 34.8 Å². The van der Waals surface area contributed by atoms with E-state index in [0.717, 1.165) is 22.9 Å². The molecule has 0 bridgehead atoms. The minimum Gasteiger partial charge on any atom is -0.483 e. The Morgan fingerprint density at radius 3 is 2.85 bits per heavy atom. The van der Waals surface area contributed by atoms with Crippen LogP contribution in [0.4, 0.5) is 0 Å². The average molecular weight is 384 g/mol. The SMILES string of the molecule is NC(=O)c1ccc(Cl)cc1OCC(=O)N1CCc2[nH]c3ccccc3c2C1. The summed E-state index contributed by atoms with van der Waals surface area (Å²) in [5.74, 6) is -0.565. The predicted octanol–water partition coefficient (Wildman–Crippen LogP) is 2.88. The maximum absolute atomic E-state index is 12.6. The fraction of sp³-hybridized carbons (Fsp3) is 0.200. The lowest BCUT2D eigenvalue weighted by Gasteiger charge is -2.27. The Bertz CT molecular complexity index is 1040. The number of benzene rings is 2. The second kappa shape index (κ2) is 6.96. The lowest BCUT2D eigenvalue weighted by molar-refractivity contribution is -0.134. The summed E-state index contributed by atoms with van der Waals surface area (Å²) in [5.41, 5.74) is 8.94. The van der Waals surface area contributed by atoms with E-state index in [1.165, 1.54) is 17.8 Å². The van der Waals surface area contributed by atoms with Crippen LogP contribution >= 0.6 is 11.6 Å². The number of para-hydroxylation sites is 1. The minimum atomic E-state index is -0.629. The minimum absolute atomic E-state index is 0.152. The first-order valence-corrected chi connectivity index (χ1v) is 8.99. The van der Waals surface area contributed by atoms with E-state index in [0.29, 0.717) is 18.1 Å². The molecule has 1 aliphatic rings. The molecule has 0 saturated heterocycles. The van der Waals surface area contributed by atoms with Crippen molar-refractivity contribution in [2.24, 2.45) is 5.73 Å². The first-order chi connectivity index (χ1) is 13.0. The number of aromatic nitrogens is 1. The zero-order valence-electron chi connectivity index (χ0n) is 14.5. The van der Waals surface area contributed by atoms with Gasteiger partial charge in [-0.25, -0.2) is 0 Å². The van der Waals surface area contributed by atoms with E-state index in [2.05, 4.69) is 11.1 Å². The fourth-order valence-corrected chi connectivity index (χ4v) is 3.59. The van der Waals surface area contributed by atoms with Gasteiger partial charge in [-0.15, -0.1) is 0 Å². The fourth-order valence-electron chi connectivity index (χ4n) is 3.43. The summed E-state index contributed by atoms with van der Waals surface area (Å²) in [6, 6.07) is 12.6. The number of primary amides is 1. The maximum Gasteiger partial charge on any atom is 0.260 e. The molecule has 0 unspecified atom stereocenters. The van der Waals surface area contributed by atoms with Gasteiger partial charge >= 0.3 is 0 Å². The molecule has 0 fully saturated rings. The number of rotatable bonds is 4. The van der Waals surface area contributed by atoms with Crippen LogP contribution in [0, 0.1) is 0 Å². The van der Waals surface area contributed by atoms with Gasteiger partial charge in [0.15, 0.2) is 6.61 Å². The van der Waals surface area contributed by atoms with Crippen molar-refractivity contribution in [2.45, 2.75) is 13.0 Å². The van der Waals surface area contributed by atoms with Crippen LogP contribution in [0.2, 0.25) is 5.02 Å². The van der Waals surface area contributed by atoms with Gasteiger partial charge < -0.3 is 20.4 Å². The van der Waals surface area contributed by atoms with Crippen LogP contribution in [0.3, 0.4) is 0 Å². The monoisotopic (exact) mass is 383 g/mol. The number of halogens is 1. The molecule has 2 heterocycles. The Morgan fingerprint density at radius 2 is 2.04 bits per heavy atom. The molecular formula is C20H18ClN3O3. The van der Waals surface area contributed by atoms with Crippen molar-refractivity contribution in [3.05, 3.63) is 64.3 Å². The molecule has 4 rings (SSSR count). The van der Waals surface area contributed by atoms with Crippen LogP contribution in [0.1, 0.15) is 21.6 Å². The third-order valence-electron chi connectivity index (χ3n) is 4.80. The normalized spacial score (nSPS) is 13.4. The molecule has 0 spiro atoms. The summed E-state index contributed by atoms with van der Waals surface area (Å²) in [4.78, 5) is 29.3. The van der Waals surface area contributed by atoms with Gasteiger partial charge in [0, 0.05) is 46.7 Å². The highest BCUT2D eigenvalue weighted by molar-refractivity contribution is 6.30. The summed E-state index contributed by atoms with van der Waals surface area (Å²) in [7, 11) is 0. The van der Waals surface area contributed by atoms with Crippen molar-refractivity contribution in [1.82, 2.24) is 9.88 Å². The number of hydrogen-bond donors (Lipinski definition) is 2. The summed E-state index contributed by atoms with van der Waals surface area (Å²) >= 11 is 5.95. The Morgan fingerprint density at radius 1 is 1.22 bits per heavy atom.